The van der Waals surface area contributed by atoms with Crippen molar-refractivity contribution in [3.63, 3.8) is 0 Å². The molecule has 0 bridgehead atoms. The number of hydrogen-bond donors (Lipinski definition) is 0. The van der Waals surface area contributed by atoms with Gasteiger partial charge in [-0.2, -0.15) is 0 Å². The van der Waals surface area contributed by atoms with Gasteiger partial charge < -0.3 is 4.74 Å². The van der Waals surface area contributed by atoms with Crippen LogP contribution < -0.4 is 0 Å². The van der Waals surface area contributed by atoms with E-state index in [-0.39, 0.29) is 42.9 Å². The number of rotatable bonds is 6. The lowest BCUT2D eigenvalue weighted by Gasteiger charge is -2.21. The normalized spacial score (nSPS) is 22.1. The summed E-state index contributed by atoms with van der Waals surface area (Å²) in [6.45, 7) is 2.01. The monoisotopic (exact) mass is 277 g/mol. The summed E-state index contributed by atoms with van der Waals surface area (Å²) in [6.07, 6.45) is 0.295. The van der Waals surface area contributed by atoms with Gasteiger partial charge in [-0.15, -0.1) is 0 Å². The molecule has 18 heavy (non-hydrogen) atoms. The summed E-state index contributed by atoms with van der Waals surface area (Å²) in [7, 11) is -1.25. The first-order chi connectivity index (χ1) is 8.34. The third-order valence-electron chi connectivity index (χ3n) is 2.90. The molecule has 0 aliphatic carbocycles. The van der Waals surface area contributed by atoms with Crippen molar-refractivity contribution >= 4 is 21.6 Å². The van der Waals surface area contributed by atoms with E-state index in [2.05, 4.69) is 4.74 Å². The van der Waals surface area contributed by atoms with Crippen LogP contribution in [-0.4, -0.2) is 62.8 Å². The van der Waals surface area contributed by atoms with Crippen molar-refractivity contribution in [2.24, 2.45) is 0 Å². The van der Waals surface area contributed by atoms with E-state index in [1.807, 2.05) is 0 Å². The number of carbonyl (C=O) groups excluding carboxylic acids is 2. The van der Waals surface area contributed by atoms with Crippen LogP contribution in [-0.2, 0) is 24.2 Å². The maximum atomic E-state index is 11.6. The molecule has 0 spiro atoms. The Hall–Kier alpha value is -0.950. The van der Waals surface area contributed by atoms with E-state index in [0.717, 1.165) is 0 Å². The fraction of sp³-hybridized carbons (Fsp3) is 0.818. The third-order valence-corrected chi connectivity index (χ3v) is 4.65. The van der Waals surface area contributed by atoms with Gasteiger partial charge in [-0.1, -0.05) is 0 Å². The zero-order valence-corrected chi connectivity index (χ0v) is 11.5. The smallest absolute Gasteiger partial charge is 0.313 e. The van der Waals surface area contributed by atoms with E-state index < -0.39 is 15.8 Å². The highest BCUT2D eigenvalue weighted by atomic mass is 32.2. The molecule has 1 fully saturated rings. The first kappa shape index (κ1) is 15.1. The van der Waals surface area contributed by atoms with Crippen molar-refractivity contribution in [1.29, 1.82) is 0 Å². The second kappa shape index (κ2) is 6.29. The number of sulfone groups is 1. The zero-order chi connectivity index (χ0) is 13.8. The van der Waals surface area contributed by atoms with Crippen molar-refractivity contribution in [3.05, 3.63) is 0 Å². The molecular formula is C11H19NO5S. The Morgan fingerprint density at radius 2 is 2.06 bits per heavy atom. The summed E-state index contributed by atoms with van der Waals surface area (Å²) in [5.74, 6) is -0.514. The fourth-order valence-electron chi connectivity index (χ4n) is 1.96. The molecule has 1 aliphatic rings. The molecule has 1 aliphatic heterocycles. The molecule has 0 N–H and O–H groups in total. The molecular weight excluding hydrogens is 258 g/mol. The lowest BCUT2D eigenvalue weighted by Crippen LogP contribution is -2.37. The van der Waals surface area contributed by atoms with Gasteiger partial charge in [-0.05, 0) is 20.4 Å². The van der Waals surface area contributed by atoms with Crippen molar-refractivity contribution in [2.45, 2.75) is 25.8 Å². The highest BCUT2D eigenvalue weighted by Crippen LogP contribution is 2.16. The molecule has 0 aromatic heterocycles. The summed E-state index contributed by atoms with van der Waals surface area (Å²) < 4.78 is 27.3. The van der Waals surface area contributed by atoms with Gasteiger partial charge in [0.15, 0.2) is 15.6 Å². The van der Waals surface area contributed by atoms with E-state index in [9.17, 15) is 18.0 Å². The molecule has 1 atom stereocenters. The number of ketones is 1. The fourth-order valence-corrected chi connectivity index (χ4v) is 3.76. The Morgan fingerprint density at radius 3 is 2.56 bits per heavy atom. The van der Waals surface area contributed by atoms with E-state index in [1.165, 1.54) is 0 Å². The standard InChI is InChI=1S/C11H19NO5S/c1-3-17-11(14)6-10(13)7-12(2)9-4-5-18(15,16)8-9/h9H,3-8H2,1-2H3. The van der Waals surface area contributed by atoms with Crippen LogP contribution in [0.3, 0.4) is 0 Å². The number of Topliss-reactive ketones (excluding diaryl/α,β-unsaturated/α-hetero) is 1. The number of likely N-dealkylation sites (N-methyl/N-ethyl adjacent to an activating group) is 1. The number of ether oxygens (including phenoxy) is 1. The minimum Gasteiger partial charge on any atom is -0.466 e. The highest BCUT2D eigenvalue weighted by Gasteiger charge is 2.31. The lowest BCUT2D eigenvalue weighted by molar-refractivity contribution is -0.145. The van der Waals surface area contributed by atoms with E-state index >= 15 is 0 Å². The number of esters is 1. The molecule has 0 saturated carbocycles. The number of hydrogen-bond acceptors (Lipinski definition) is 6. The lowest BCUT2D eigenvalue weighted by atomic mass is 10.2. The first-order valence-corrected chi connectivity index (χ1v) is 7.74. The maximum Gasteiger partial charge on any atom is 0.313 e. The maximum absolute atomic E-state index is 11.6. The van der Waals surface area contributed by atoms with Crippen LogP contribution in [0.1, 0.15) is 19.8 Å². The summed E-state index contributed by atoms with van der Waals surface area (Å²) >= 11 is 0. The van der Waals surface area contributed by atoms with Crippen LogP contribution in [0.25, 0.3) is 0 Å². The van der Waals surface area contributed by atoms with Gasteiger partial charge in [0, 0.05) is 6.04 Å². The first-order valence-electron chi connectivity index (χ1n) is 5.92. The van der Waals surface area contributed by atoms with E-state index in [1.54, 1.807) is 18.9 Å². The summed E-state index contributed by atoms with van der Waals surface area (Å²) in [4.78, 5) is 24.4. The molecule has 6 nitrogen and oxygen atoms in total. The van der Waals surface area contributed by atoms with E-state index in [4.69, 9.17) is 0 Å². The number of carbonyl (C=O) groups is 2. The van der Waals surface area contributed by atoms with Gasteiger partial charge >= 0.3 is 5.97 Å². The summed E-state index contributed by atoms with van der Waals surface area (Å²) in [5, 5.41) is 0. The predicted molar refractivity (Wildman–Crippen MR) is 65.9 cm³/mol. The predicted octanol–water partition coefficient (Wildman–Crippen LogP) is -0.372. The Kier molecular flexibility index (Phi) is 5.28. The SMILES string of the molecule is CCOC(=O)CC(=O)CN(C)C1CCS(=O)(=O)C1. The van der Waals surface area contributed by atoms with Crippen molar-refractivity contribution < 1.29 is 22.7 Å². The molecule has 0 radical (unpaired) electrons. The average molecular weight is 277 g/mol. The van der Waals surface area contributed by atoms with E-state index in [0.29, 0.717) is 6.42 Å². The summed E-state index contributed by atoms with van der Waals surface area (Å²) in [5.41, 5.74) is 0. The largest absolute Gasteiger partial charge is 0.466 e. The second-order valence-corrected chi connectivity index (χ2v) is 6.72. The van der Waals surface area contributed by atoms with Crippen LogP contribution in [0.5, 0.6) is 0 Å². The van der Waals surface area contributed by atoms with Crippen molar-refractivity contribution in [1.82, 2.24) is 4.90 Å². The molecule has 0 amide bonds. The minimum absolute atomic E-state index is 0.0823. The quantitative estimate of drug-likeness (QED) is 0.486. The van der Waals surface area contributed by atoms with Crippen molar-refractivity contribution in [2.75, 3.05) is 31.7 Å². The van der Waals surface area contributed by atoms with Gasteiger partial charge in [-0.3, -0.25) is 14.5 Å². The Labute approximate surface area is 107 Å². The minimum atomic E-state index is -2.95. The molecule has 0 aromatic carbocycles. The summed E-state index contributed by atoms with van der Waals surface area (Å²) in [6, 6.07) is -0.124. The van der Waals surface area contributed by atoms with Gasteiger partial charge in [0.25, 0.3) is 0 Å². The highest BCUT2D eigenvalue weighted by molar-refractivity contribution is 7.91. The molecule has 1 heterocycles. The van der Waals surface area contributed by atoms with Crippen LogP contribution in [0.15, 0.2) is 0 Å². The molecule has 1 saturated heterocycles. The Morgan fingerprint density at radius 1 is 1.39 bits per heavy atom. The molecule has 1 rings (SSSR count). The molecule has 0 aromatic rings. The number of nitrogens with zero attached hydrogens (tertiary/aromatic N) is 1. The van der Waals surface area contributed by atoms with Gasteiger partial charge in [0.1, 0.15) is 6.42 Å². The molecule has 104 valence electrons. The van der Waals surface area contributed by atoms with Gasteiger partial charge in [0.2, 0.25) is 0 Å². The van der Waals surface area contributed by atoms with Crippen LogP contribution in [0, 0.1) is 0 Å². The van der Waals surface area contributed by atoms with Gasteiger partial charge in [0.05, 0.1) is 24.7 Å². The molecule has 7 heteroatoms. The second-order valence-electron chi connectivity index (χ2n) is 4.49. The van der Waals surface area contributed by atoms with Crippen molar-refractivity contribution in [3.8, 4) is 0 Å². The van der Waals surface area contributed by atoms with Gasteiger partial charge in [-0.25, -0.2) is 8.42 Å². The third kappa shape index (κ3) is 4.73. The Balaban J connectivity index is 2.38. The average Bonchev–Trinajstić information content (AvgIpc) is 2.58. The van der Waals surface area contributed by atoms with Crippen LogP contribution in [0.2, 0.25) is 0 Å². The topological polar surface area (TPSA) is 80.8 Å². The Bertz CT molecular complexity index is 417. The van der Waals surface area contributed by atoms with Crippen LogP contribution >= 0.6 is 0 Å². The van der Waals surface area contributed by atoms with Crippen LogP contribution in [0.4, 0.5) is 0 Å². The zero-order valence-electron chi connectivity index (χ0n) is 10.7. The molecule has 1 unspecified atom stereocenters.